The van der Waals surface area contributed by atoms with Crippen LogP contribution in [-0.2, 0) is 16.6 Å². The molecule has 0 fully saturated rings. The van der Waals surface area contributed by atoms with Crippen LogP contribution in [0.2, 0.25) is 5.02 Å². The lowest BCUT2D eigenvalue weighted by Crippen LogP contribution is -2.30. The fourth-order valence-corrected chi connectivity index (χ4v) is 4.19. The van der Waals surface area contributed by atoms with Crippen molar-refractivity contribution in [3.8, 4) is 0 Å². The second-order valence-corrected chi connectivity index (χ2v) is 7.77. The standard InChI is InChI=1S/C17H19ClN4O2S/c1-3-14(21-25(23,24)13-7-5-12(18)6-8-13)17-20-15-11-19-10-9-16(15)22(17)4-2/h5-11,14,21H,3-4H2,1-2H3. The van der Waals surface area contributed by atoms with Crippen LogP contribution in [0.25, 0.3) is 11.0 Å². The first-order valence-electron chi connectivity index (χ1n) is 8.04. The number of sulfonamides is 1. The molecule has 0 saturated carbocycles. The average molecular weight is 379 g/mol. The summed E-state index contributed by atoms with van der Waals surface area (Å²) < 4.78 is 30.2. The maximum Gasteiger partial charge on any atom is 0.241 e. The molecule has 0 bridgehead atoms. The number of rotatable bonds is 6. The fraction of sp³-hybridized carbons (Fsp3) is 0.294. The zero-order valence-corrected chi connectivity index (χ0v) is 15.5. The van der Waals surface area contributed by atoms with Gasteiger partial charge in [-0.15, -0.1) is 0 Å². The number of pyridine rings is 1. The molecule has 2 aromatic heterocycles. The van der Waals surface area contributed by atoms with Crippen LogP contribution in [0.1, 0.15) is 32.1 Å². The topological polar surface area (TPSA) is 76.9 Å². The van der Waals surface area contributed by atoms with Crippen molar-refractivity contribution in [1.29, 1.82) is 0 Å². The molecule has 8 heteroatoms. The summed E-state index contributed by atoms with van der Waals surface area (Å²) in [6, 6.07) is 7.55. The summed E-state index contributed by atoms with van der Waals surface area (Å²) in [5.41, 5.74) is 1.69. The van der Waals surface area contributed by atoms with Gasteiger partial charge in [-0.25, -0.2) is 18.1 Å². The maximum atomic E-state index is 12.7. The Kier molecular flexibility index (Phi) is 5.08. The Labute approximate surface area is 151 Å². The Hall–Kier alpha value is -1.96. The molecular formula is C17H19ClN4O2S. The van der Waals surface area contributed by atoms with Gasteiger partial charge in [0.25, 0.3) is 0 Å². The van der Waals surface area contributed by atoms with Crippen molar-refractivity contribution in [2.24, 2.45) is 0 Å². The normalized spacial score (nSPS) is 13.2. The lowest BCUT2D eigenvalue weighted by molar-refractivity contribution is 0.522. The van der Waals surface area contributed by atoms with Gasteiger partial charge < -0.3 is 4.57 Å². The fourth-order valence-electron chi connectivity index (χ4n) is 2.79. The van der Waals surface area contributed by atoms with E-state index in [0.717, 1.165) is 11.0 Å². The molecule has 2 heterocycles. The summed E-state index contributed by atoms with van der Waals surface area (Å²) in [5, 5.41) is 0.492. The lowest BCUT2D eigenvalue weighted by atomic mass is 10.2. The number of nitrogens with one attached hydrogen (secondary N) is 1. The predicted molar refractivity (Wildman–Crippen MR) is 98.0 cm³/mol. The van der Waals surface area contributed by atoms with Gasteiger partial charge in [-0.3, -0.25) is 4.98 Å². The van der Waals surface area contributed by atoms with Gasteiger partial charge in [0.2, 0.25) is 10.0 Å². The van der Waals surface area contributed by atoms with E-state index in [0.29, 0.717) is 23.8 Å². The number of hydrogen-bond donors (Lipinski definition) is 1. The molecule has 3 rings (SSSR count). The zero-order valence-electron chi connectivity index (χ0n) is 14.0. The number of aryl methyl sites for hydroxylation is 1. The molecule has 3 aromatic rings. The van der Waals surface area contributed by atoms with E-state index in [1.807, 2.05) is 24.5 Å². The molecule has 1 N–H and O–H groups in total. The van der Waals surface area contributed by atoms with E-state index in [1.54, 1.807) is 24.5 Å². The third-order valence-corrected chi connectivity index (χ3v) is 5.78. The first-order valence-corrected chi connectivity index (χ1v) is 9.90. The minimum Gasteiger partial charge on any atom is -0.327 e. The molecule has 25 heavy (non-hydrogen) atoms. The Bertz CT molecular complexity index is 984. The summed E-state index contributed by atoms with van der Waals surface area (Å²) in [4.78, 5) is 8.87. The van der Waals surface area contributed by atoms with Crippen LogP contribution < -0.4 is 4.72 Å². The minimum atomic E-state index is -3.68. The van der Waals surface area contributed by atoms with Gasteiger partial charge in [0.05, 0.1) is 22.7 Å². The summed E-state index contributed by atoms with van der Waals surface area (Å²) >= 11 is 5.84. The molecule has 0 aliphatic carbocycles. The molecule has 1 aromatic carbocycles. The smallest absolute Gasteiger partial charge is 0.241 e. The molecule has 0 aliphatic heterocycles. The Balaban J connectivity index is 1.99. The third-order valence-electron chi connectivity index (χ3n) is 4.04. The lowest BCUT2D eigenvalue weighted by Gasteiger charge is -2.18. The Morgan fingerprint density at radius 1 is 1.20 bits per heavy atom. The van der Waals surface area contributed by atoms with Gasteiger partial charge in [0.15, 0.2) is 0 Å². The monoisotopic (exact) mass is 378 g/mol. The van der Waals surface area contributed by atoms with Crippen LogP contribution in [0.5, 0.6) is 0 Å². The number of imidazole rings is 1. The van der Waals surface area contributed by atoms with Crippen LogP contribution >= 0.6 is 11.6 Å². The van der Waals surface area contributed by atoms with Gasteiger partial charge in [0, 0.05) is 17.8 Å². The maximum absolute atomic E-state index is 12.7. The van der Waals surface area contributed by atoms with Gasteiger partial charge >= 0.3 is 0 Å². The third kappa shape index (κ3) is 3.53. The van der Waals surface area contributed by atoms with E-state index in [1.165, 1.54) is 12.1 Å². The first-order chi connectivity index (χ1) is 12.0. The Morgan fingerprint density at radius 2 is 1.92 bits per heavy atom. The SMILES string of the molecule is CCC(NS(=O)(=O)c1ccc(Cl)cc1)c1nc2cnccc2n1CC. The van der Waals surface area contributed by atoms with E-state index in [2.05, 4.69) is 14.7 Å². The number of fused-ring (bicyclic) bond motifs is 1. The van der Waals surface area contributed by atoms with E-state index in [4.69, 9.17) is 11.6 Å². The predicted octanol–water partition coefficient (Wildman–Crippen LogP) is 3.53. The van der Waals surface area contributed by atoms with Crippen molar-refractivity contribution in [3.05, 3.63) is 53.6 Å². The van der Waals surface area contributed by atoms with E-state index in [9.17, 15) is 8.42 Å². The van der Waals surface area contributed by atoms with Crippen molar-refractivity contribution < 1.29 is 8.42 Å². The average Bonchev–Trinajstić information content (AvgIpc) is 2.98. The van der Waals surface area contributed by atoms with Crippen LogP contribution in [0.4, 0.5) is 0 Å². The van der Waals surface area contributed by atoms with Crippen LogP contribution in [0.3, 0.4) is 0 Å². The molecule has 0 aliphatic rings. The highest BCUT2D eigenvalue weighted by molar-refractivity contribution is 7.89. The highest BCUT2D eigenvalue weighted by Gasteiger charge is 2.24. The Morgan fingerprint density at radius 3 is 2.56 bits per heavy atom. The van der Waals surface area contributed by atoms with Crippen LogP contribution in [-0.4, -0.2) is 23.0 Å². The van der Waals surface area contributed by atoms with E-state index < -0.39 is 16.1 Å². The van der Waals surface area contributed by atoms with Crippen molar-refractivity contribution in [2.45, 2.75) is 37.8 Å². The van der Waals surface area contributed by atoms with Crippen molar-refractivity contribution in [1.82, 2.24) is 19.3 Å². The molecule has 0 amide bonds. The van der Waals surface area contributed by atoms with Gasteiger partial charge in [-0.1, -0.05) is 18.5 Å². The summed E-state index contributed by atoms with van der Waals surface area (Å²) in [7, 11) is -3.68. The largest absolute Gasteiger partial charge is 0.327 e. The molecule has 1 atom stereocenters. The van der Waals surface area contributed by atoms with Crippen molar-refractivity contribution in [3.63, 3.8) is 0 Å². The highest BCUT2D eigenvalue weighted by atomic mass is 35.5. The van der Waals surface area contributed by atoms with Gasteiger partial charge in [0.1, 0.15) is 11.3 Å². The van der Waals surface area contributed by atoms with Crippen LogP contribution in [0, 0.1) is 0 Å². The number of halogens is 1. The molecule has 0 saturated heterocycles. The summed E-state index contributed by atoms with van der Waals surface area (Å²) in [5.74, 6) is 0.686. The second-order valence-electron chi connectivity index (χ2n) is 5.61. The number of hydrogen-bond acceptors (Lipinski definition) is 4. The quantitative estimate of drug-likeness (QED) is 0.711. The minimum absolute atomic E-state index is 0.177. The van der Waals surface area contributed by atoms with E-state index >= 15 is 0 Å². The molecule has 132 valence electrons. The van der Waals surface area contributed by atoms with Gasteiger partial charge in [-0.05, 0) is 43.7 Å². The molecule has 0 spiro atoms. The number of benzene rings is 1. The second kappa shape index (κ2) is 7.11. The summed E-state index contributed by atoms with van der Waals surface area (Å²) in [6.07, 6.45) is 3.97. The highest BCUT2D eigenvalue weighted by Crippen LogP contribution is 2.24. The van der Waals surface area contributed by atoms with Crippen molar-refractivity contribution in [2.75, 3.05) is 0 Å². The first kappa shape index (κ1) is 17.8. The molecule has 0 radical (unpaired) electrons. The molecule has 6 nitrogen and oxygen atoms in total. The summed E-state index contributed by atoms with van der Waals surface area (Å²) in [6.45, 7) is 4.62. The van der Waals surface area contributed by atoms with Crippen LogP contribution in [0.15, 0.2) is 47.6 Å². The number of aromatic nitrogens is 3. The molecule has 1 unspecified atom stereocenters. The number of nitrogens with zero attached hydrogens (tertiary/aromatic N) is 3. The van der Waals surface area contributed by atoms with Gasteiger partial charge in [-0.2, -0.15) is 0 Å². The van der Waals surface area contributed by atoms with Crippen molar-refractivity contribution >= 4 is 32.7 Å². The van der Waals surface area contributed by atoms with E-state index in [-0.39, 0.29) is 4.90 Å². The molecular weight excluding hydrogens is 360 g/mol. The zero-order chi connectivity index (χ0) is 18.0.